The van der Waals surface area contributed by atoms with Gasteiger partial charge in [-0.15, -0.1) is 11.3 Å². The molecule has 86 valence electrons. The van der Waals surface area contributed by atoms with Crippen LogP contribution in [0.2, 0.25) is 0 Å². The van der Waals surface area contributed by atoms with Crippen molar-refractivity contribution >= 4 is 23.1 Å². The Balaban J connectivity index is 2.33. The van der Waals surface area contributed by atoms with Crippen molar-refractivity contribution in [2.45, 2.75) is 40.3 Å². The number of rotatable bonds is 6. The van der Waals surface area contributed by atoms with Crippen molar-refractivity contribution in [1.29, 1.82) is 0 Å². The van der Waals surface area contributed by atoms with Gasteiger partial charge < -0.3 is 5.32 Å². The van der Waals surface area contributed by atoms with Gasteiger partial charge in [-0.25, -0.2) is 0 Å². The van der Waals surface area contributed by atoms with Crippen LogP contribution >= 0.6 is 23.1 Å². The van der Waals surface area contributed by atoms with Gasteiger partial charge in [0.15, 0.2) is 0 Å². The predicted molar refractivity (Wildman–Crippen MR) is 73.1 cm³/mol. The summed E-state index contributed by atoms with van der Waals surface area (Å²) < 4.78 is 0. The summed E-state index contributed by atoms with van der Waals surface area (Å²) in [6.45, 7) is 9.88. The minimum absolute atomic E-state index is 0.606. The maximum atomic E-state index is 3.57. The van der Waals surface area contributed by atoms with E-state index in [1.54, 1.807) is 0 Å². The molecule has 0 fully saturated rings. The number of aryl methyl sites for hydroxylation is 2. The number of nitrogens with one attached hydrogen (secondary N) is 1. The lowest BCUT2D eigenvalue weighted by atomic mass is 10.2. The van der Waals surface area contributed by atoms with Crippen LogP contribution in [0.15, 0.2) is 6.07 Å². The van der Waals surface area contributed by atoms with Crippen LogP contribution in [0.25, 0.3) is 0 Å². The molecule has 1 rings (SSSR count). The monoisotopic (exact) mass is 243 g/mol. The van der Waals surface area contributed by atoms with E-state index in [1.165, 1.54) is 26.8 Å². The maximum Gasteiger partial charge on any atom is 0.0219 e. The second kappa shape index (κ2) is 6.56. The van der Waals surface area contributed by atoms with E-state index in [4.69, 9.17) is 0 Å². The maximum absolute atomic E-state index is 3.57. The smallest absolute Gasteiger partial charge is 0.0219 e. The summed E-state index contributed by atoms with van der Waals surface area (Å²) in [5.74, 6) is 2.42. The Bertz CT molecular complexity index is 294. The summed E-state index contributed by atoms with van der Waals surface area (Å²) in [7, 11) is 0. The summed E-state index contributed by atoms with van der Waals surface area (Å²) in [6, 6.07) is 2.90. The van der Waals surface area contributed by atoms with Gasteiger partial charge >= 0.3 is 0 Å². The summed E-state index contributed by atoms with van der Waals surface area (Å²) in [5.41, 5.74) is 1.46. The van der Waals surface area contributed by atoms with Crippen molar-refractivity contribution in [1.82, 2.24) is 5.32 Å². The zero-order valence-electron chi connectivity index (χ0n) is 10.1. The third kappa shape index (κ3) is 4.58. The van der Waals surface area contributed by atoms with Crippen LogP contribution in [0.4, 0.5) is 0 Å². The molecule has 0 radical (unpaired) electrons. The average Bonchev–Trinajstić information content (AvgIpc) is 2.51. The topological polar surface area (TPSA) is 12.0 Å². The quantitative estimate of drug-likeness (QED) is 0.819. The van der Waals surface area contributed by atoms with Crippen LogP contribution in [0.1, 0.15) is 29.2 Å². The lowest BCUT2D eigenvalue weighted by Crippen LogP contribution is -2.27. The van der Waals surface area contributed by atoms with Crippen molar-refractivity contribution in [2.24, 2.45) is 0 Å². The Hall–Kier alpha value is 0.01000. The third-order valence-electron chi connectivity index (χ3n) is 2.36. The van der Waals surface area contributed by atoms with Gasteiger partial charge in [-0.2, -0.15) is 11.8 Å². The predicted octanol–water partition coefficient (Wildman–Crippen LogP) is 3.60. The molecule has 1 N–H and O–H groups in total. The van der Waals surface area contributed by atoms with Gasteiger partial charge in [0.05, 0.1) is 0 Å². The first-order valence-electron chi connectivity index (χ1n) is 5.50. The number of thiophene rings is 1. The molecule has 0 aromatic carbocycles. The lowest BCUT2D eigenvalue weighted by molar-refractivity contribution is 0.595. The molecule has 0 aliphatic rings. The van der Waals surface area contributed by atoms with Crippen molar-refractivity contribution in [3.05, 3.63) is 21.4 Å². The van der Waals surface area contributed by atoms with Crippen molar-refractivity contribution < 1.29 is 0 Å². The molecule has 15 heavy (non-hydrogen) atoms. The summed E-state index contributed by atoms with van der Waals surface area (Å²) in [4.78, 5) is 2.87. The molecule has 1 atom stereocenters. The molecule has 1 aromatic rings. The van der Waals surface area contributed by atoms with Crippen molar-refractivity contribution in [3.63, 3.8) is 0 Å². The fraction of sp³-hybridized carbons (Fsp3) is 0.667. The van der Waals surface area contributed by atoms with E-state index in [2.05, 4.69) is 39.1 Å². The standard InChI is InChI=1S/C12H21NS2/c1-5-14-8-9(2)13-7-12-6-10(3)15-11(12)4/h6,9,13H,5,7-8H2,1-4H3. The van der Waals surface area contributed by atoms with Gasteiger partial charge in [-0.05, 0) is 38.2 Å². The van der Waals surface area contributed by atoms with E-state index in [0.29, 0.717) is 6.04 Å². The highest BCUT2D eigenvalue weighted by atomic mass is 32.2. The van der Waals surface area contributed by atoms with E-state index in [9.17, 15) is 0 Å². The minimum atomic E-state index is 0.606. The molecule has 0 bridgehead atoms. The second-order valence-corrected chi connectivity index (χ2v) is 6.66. The molecule has 1 heterocycles. The molecule has 1 unspecified atom stereocenters. The largest absolute Gasteiger partial charge is 0.309 e. The highest BCUT2D eigenvalue weighted by molar-refractivity contribution is 7.99. The highest BCUT2D eigenvalue weighted by Gasteiger charge is 2.05. The Morgan fingerprint density at radius 1 is 1.47 bits per heavy atom. The molecule has 0 amide bonds. The van der Waals surface area contributed by atoms with E-state index in [0.717, 1.165) is 6.54 Å². The fourth-order valence-electron chi connectivity index (χ4n) is 1.50. The van der Waals surface area contributed by atoms with Gasteiger partial charge in [0.25, 0.3) is 0 Å². The van der Waals surface area contributed by atoms with Gasteiger partial charge in [0, 0.05) is 28.1 Å². The molecule has 1 aromatic heterocycles. The van der Waals surface area contributed by atoms with Crippen LogP contribution in [0.3, 0.4) is 0 Å². The summed E-state index contributed by atoms with van der Waals surface area (Å²) >= 11 is 3.89. The average molecular weight is 243 g/mol. The molecular weight excluding hydrogens is 222 g/mol. The minimum Gasteiger partial charge on any atom is -0.309 e. The molecule has 0 spiro atoms. The molecule has 3 heteroatoms. The van der Waals surface area contributed by atoms with Gasteiger partial charge in [-0.1, -0.05) is 6.92 Å². The molecule has 1 nitrogen and oxygen atoms in total. The second-order valence-electron chi connectivity index (χ2n) is 3.88. The van der Waals surface area contributed by atoms with Crippen molar-refractivity contribution in [2.75, 3.05) is 11.5 Å². The van der Waals surface area contributed by atoms with E-state index in [1.807, 2.05) is 23.1 Å². The van der Waals surface area contributed by atoms with E-state index < -0.39 is 0 Å². The zero-order chi connectivity index (χ0) is 11.3. The first-order valence-corrected chi connectivity index (χ1v) is 7.47. The normalized spacial score (nSPS) is 13.1. The summed E-state index contributed by atoms with van der Waals surface area (Å²) in [5, 5.41) is 3.57. The molecule has 0 saturated carbocycles. The number of hydrogen-bond acceptors (Lipinski definition) is 3. The Morgan fingerprint density at radius 3 is 2.73 bits per heavy atom. The first-order chi connectivity index (χ1) is 7.13. The number of hydrogen-bond donors (Lipinski definition) is 1. The zero-order valence-corrected chi connectivity index (χ0v) is 11.7. The third-order valence-corrected chi connectivity index (χ3v) is 4.51. The first kappa shape index (κ1) is 13.1. The molecule has 0 saturated heterocycles. The van der Waals surface area contributed by atoms with E-state index in [-0.39, 0.29) is 0 Å². The number of thioether (sulfide) groups is 1. The molecule has 0 aliphatic heterocycles. The summed E-state index contributed by atoms with van der Waals surface area (Å²) in [6.07, 6.45) is 0. The van der Waals surface area contributed by atoms with Gasteiger partial charge in [-0.3, -0.25) is 0 Å². The Kier molecular flexibility index (Phi) is 5.72. The SMILES string of the molecule is CCSCC(C)NCc1cc(C)sc1C. The van der Waals surface area contributed by atoms with Gasteiger partial charge in [0.2, 0.25) is 0 Å². The Morgan fingerprint density at radius 2 is 2.20 bits per heavy atom. The van der Waals surface area contributed by atoms with Crippen LogP contribution in [0.5, 0.6) is 0 Å². The fourth-order valence-corrected chi connectivity index (χ4v) is 3.15. The van der Waals surface area contributed by atoms with Crippen LogP contribution in [-0.2, 0) is 6.54 Å². The highest BCUT2D eigenvalue weighted by Crippen LogP contribution is 2.20. The van der Waals surface area contributed by atoms with Crippen molar-refractivity contribution in [3.8, 4) is 0 Å². The molecular formula is C12H21NS2. The van der Waals surface area contributed by atoms with Gasteiger partial charge in [0.1, 0.15) is 0 Å². The molecule has 0 aliphatic carbocycles. The lowest BCUT2D eigenvalue weighted by Gasteiger charge is -2.12. The van der Waals surface area contributed by atoms with Crippen LogP contribution in [-0.4, -0.2) is 17.5 Å². The van der Waals surface area contributed by atoms with Crippen LogP contribution < -0.4 is 5.32 Å². The van der Waals surface area contributed by atoms with Crippen LogP contribution in [0, 0.1) is 13.8 Å². The Labute approximate surface area is 102 Å². The van der Waals surface area contributed by atoms with E-state index >= 15 is 0 Å².